The minimum Gasteiger partial charge on any atom is -0.476 e. The molecule has 0 saturated carbocycles. The molecule has 0 aliphatic rings. The van der Waals surface area contributed by atoms with Gasteiger partial charge in [-0.2, -0.15) is 19.7 Å². The molecular formula is C10H8N6O2. The van der Waals surface area contributed by atoms with Crippen LogP contribution in [-0.4, -0.2) is 40.4 Å². The maximum atomic E-state index is 10.8. The van der Waals surface area contributed by atoms with Crippen LogP contribution in [-0.2, 0) is 0 Å². The number of carboxylic acid groups (broad SMARTS) is 1. The van der Waals surface area contributed by atoms with Crippen molar-refractivity contribution < 1.29 is 9.90 Å². The molecule has 0 amide bonds. The highest BCUT2D eigenvalue weighted by Gasteiger charge is 2.11. The number of rotatable bonds is 2. The van der Waals surface area contributed by atoms with E-state index >= 15 is 0 Å². The highest BCUT2D eigenvalue weighted by molar-refractivity contribution is 5.85. The second kappa shape index (κ2) is 3.62. The summed E-state index contributed by atoms with van der Waals surface area (Å²) in [6.45, 7) is 1.82. The zero-order valence-corrected chi connectivity index (χ0v) is 9.35. The maximum Gasteiger partial charge on any atom is 0.356 e. The van der Waals surface area contributed by atoms with Gasteiger partial charge in [-0.1, -0.05) is 0 Å². The van der Waals surface area contributed by atoms with E-state index in [9.17, 15) is 4.79 Å². The molecule has 3 rings (SSSR count). The van der Waals surface area contributed by atoms with E-state index in [2.05, 4.69) is 20.2 Å². The Bertz CT molecular complexity index is 744. The lowest BCUT2D eigenvalue weighted by atomic mass is 10.4. The molecule has 0 aliphatic carbocycles. The van der Waals surface area contributed by atoms with Crippen molar-refractivity contribution in [2.75, 3.05) is 0 Å². The van der Waals surface area contributed by atoms with Gasteiger partial charge in [0.15, 0.2) is 11.5 Å². The van der Waals surface area contributed by atoms with Crippen molar-refractivity contribution in [3.8, 4) is 5.82 Å². The smallest absolute Gasteiger partial charge is 0.356 e. The average Bonchev–Trinajstić information content (AvgIpc) is 2.95. The van der Waals surface area contributed by atoms with Gasteiger partial charge in [0.05, 0.1) is 0 Å². The van der Waals surface area contributed by atoms with Gasteiger partial charge in [0.1, 0.15) is 6.33 Å². The van der Waals surface area contributed by atoms with E-state index < -0.39 is 5.97 Å². The number of hydrogen-bond acceptors (Lipinski definition) is 5. The van der Waals surface area contributed by atoms with E-state index in [0.29, 0.717) is 11.6 Å². The Labute approximate surface area is 101 Å². The molecule has 90 valence electrons. The van der Waals surface area contributed by atoms with Crippen molar-refractivity contribution in [1.82, 2.24) is 29.4 Å². The molecule has 3 aromatic rings. The van der Waals surface area contributed by atoms with Gasteiger partial charge in [0, 0.05) is 18.0 Å². The summed E-state index contributed by atoms with van der Waals surface area (Å²) in [6, 6.07) is 3.17. The minimum atomic E-state index is -1.07. The van der Waals surface area contributed by atoms with Crippen molar-refractivity contribution in [2.24, 2.45) is 0 Å². The summed E-state index contributed by atoms with van der Waals surface area (Å²) in [5, 5.41) is 16.8. The third kappa shape index (κ3) is 1.51. The van der Waals surface area contributed by atoms with E-state index in [1.165, 1.54) is 21.6 Å². The second-order valence-electron chi connectivity index (χ2n) is 3.68. The zero-order valence-electron chi connectivity index (χ0n) is 9.35. The van der Waals surface area contributed by atoms with Crippen LogP contribution in [0.3, 0.4) is 0 Å². The molecule has 3 heterocycles. The van der Waals surface area contributed by atoms with Crippen molar-refractivity contribution in [3.05, 3.63) is 36.0 Å². The monoisotopic (exact) mass is 244 g/mol. The predicted octanol–water partition coefficient (Wildman–Crippen LogP) is 0.317. The molecular weight excluding hydrogens is 236 g/mol. The lowest BCUT2D eigenvalue weighted by Gasteiger charge is -2.04. The number of hydrogen-bond donors (Lipinski definition) is 1. The fourth-order valence-corrected chi connectivity index (χ4v) is 1.64. The zero-order chi connectivity index (χ0) is 12.7. The molecule has 18 heavy (non-hydrogen) atoms. The van der Waals surface area contributed by atoms with Crippen LogP contribution in [0.5, 0.6) is 0 Å². The second-order valence-corrected chi connectivity index (χ2v) is 3.68. The molecule has 3 aromatic heterocycles. The predicted molar refractivity (Wildman–Crippen MR) is 59.6 cm³/mol. The Morgan fingerprint density at radius 1 is 1.44 bits per heavy atom. The van der Waals surface area contributed by atoms with E-state index in [1.54, 1.807) is 12.3 Å². The molecule has 0 atom stereocenters. The number of carbonyl (C=O) groups is 1. The van der Waals surface area contributed by atoms with E-state index in [-0.39, 0.29) is 5.69 Å². The Morgan fingerprint density at radius 2 is 2.28 bits per heavy atom. The molecule has 0 bridgehead atoms. The fourth-order valence-electron chi connectivity index (χ4n) is 1.64. The van der Waals surface area contributed by atoms with Gasteiger partial charge in [-0.05, 0) is 13.0 Å². The Morgan fingerprint density at radius 3 is 3.00 bits per heavy atom. The molecule has 0 radical (unpaired) electrons. The van der Waals surface area contributed by atoms with Crippen LogP contribution in [0.25, 0.3) is 11.6 Å². The minimum absolute atomic E-state index is 0.0299. The molecule has 0 unspecified atom stereocenters. The fraction of sp³-hybridized carbons (Fsp3) is 0.100. The van der Waals surface area contributed by atoms with Gasteiger partial charge in [-0.25, -0.2) is 14.5 Å². The third-order valence-corrected chi connectivity index (χ3v) is 2.40. The van der Waals surface area contributed by atoms with Gasteiger partial charge in [0.2, 0.25) is 0 Å². The lowest BCUT2D eigenvalue weighted by molar-refractivity contribution is 0.0690. The lowest BCUT2D eigenvalue weighted by Crippen LogP contribution is -2.08. The van der Waals surface area contributed by atoms with Gasteiger partial charge in [-0.15, -0.1) is 0 Å². The standard InChI is InChI=1S/C10H8N6O2/c1-6-4-8(16-10(13-6)11-5-12-16)15-3-2-7(14-15)9(17)18/h2-5H,1H3,(H,17,18). The first-order valence-electron chi connectivity index (χ1n) is 5.12. The van der Waals surface area contributed by atoms with Gasteiger partial charge in [0.25, 0.3) is 5.78 Å². The highest BCUT2D eigenvalue weighted by atomic mass is 16.4. The molecule has 0 aliphatic heterocycles. The van der Waals surface area contributed by atoms with Crippen molar-refractivity contribution in [2.45, 2.75) is 6.92 Å². The van der Waals surface area contributed by atoms with Gasteiger partial charge in [-0.3, -0.25) is 0 Å². The number of aryl methyl sites for hydroxylation is 1. The quantitative estimate of drug-likeness (QED) is 0.696. The third-order valence-electron chi connectivity index (χ3n) is 2.40. The first-order chi connectivity index (χ1) is 8.65. The van der Waals surface area contributed by atoms with Crippen LogP contribution in [0.4, 0.5) is 0 Å². The molecule has 8 heteroatoms. The molecule has 0 fully saturated rings. The molecule has 1 N–H and O–H groups in total. The van der Waals surface area contributed by atoms with E-state index in [0.717, 1.165) is 5.69 Å². The van der Waals surface area contributed by atoms with Gasteiger partial charge < -0.3 is 5.11 Å². The highest BCUT2D eigenvalue weighted by Crippen LogP contribution is 2.10. The van der Waals surface area contributed by atoms with Crippen LogP contribution in [0.15, 0.2) is 24.7 Å². The summed E-state index contributed by atoms with van der Waals surface area (Å²) in [5.74, 6) is -0.0470. The summed E-state index contributed by atoms with van der Waals surface area (Å²) in [6.07, 6.45) is 2.94. The first-order valence-corrected chi connectivity index (χ1v) is 5.12. The normalized spacial score (nSPS) is 10.9. The summed E-state index contributed by atoms with van der Waals surface area (Å²) < 4.78 is 2.92. The largest absolute Gasteiger partial charge is 0.476 e. The first kappa shape index (κ1) is 10.4. The van der Waals surface area contributed by atoms with Crippen LogP contribution >= 0.6 is 0 Å². The van der Waals surface area contributed by atoms with E-state index in [1.807, 2.05) is 6.92 Å². The van der Waals surface area contributed by atoms with Crippen molar-refractivity contribution in [3.63, 3.8) is 0 Å². The number of carboxylic acids is 1. The average molecular weight is 244 g/mol. The maximum absolute atomic E-state index is 10.8. The number of fused-ring (bicyclic) bond motifs is 1. The number of aromatic carboxylic acids is 1. The van der Waals surface area contributed by atoms with Crippen LogP contribution in [0.2, 0.25) is 0 Å². The molecule has 0 aromatic carbocycles. The number of nitrogens with zero attached hydrogens (tertiary/aromatic N) is 6. The summed E-state index contributed by atoms with van der Waals surface area (Å²) in [4.78, 5) is 19.0. The Balaban J connectivity index is 2.23. The topological polar surface area (TPSA) is 98.2 Å². The summed E-state index contributed by atoms with van der Waals surface area (Å²) >= 11 is 0. The van der Waals surface area contributed by atoms with Crippen LogP contribution in [0, 0.1) is 6.92 Å². The van der Waals surface area contributed by atoms with Crippen LogP contribution in [0.1, 0.15) is 16.2 Å². The molecule has 0 spiro atoms. The summed E-state index contributed by atoms with van der Waals surface area (Å²) in [5.41, 5.74) is 0.718. The number of aromatic nitrogens is 6. The Kier molecular flexibility index (Phi) is 2.09. The van der Waals surface area contributed by atoms with Crippen LogP contribution < -0.4 is 0 Å². The molecule has 8 nitrogen and oxygen atoms in total. The molecule has 0 saturated heterocycles. The SMILES string of the molecule is Cc1cc(-n2ccc(C(=O)O)n2)n2ncnc2n1. The van der Waals surface area contributed by atoms with Crippen molar-refractivity contribution >= 4 is 11.7 Å². The summed E-state index contributed by atoms with van der Waals surface area (Å²) in [7, 11) is 0. The van der Waals surface area contributed by atoms with Gasteiger partial charge >= 0.3 is 5.97 Å². The Hall–Kier alpha value is -2.77. The van der Waals surface area contributed by atoms with E-state index in [4.69, 9.17) is 5.11 Å². The van der Waals surface area contributed by atoms with Crippen molar-refractivity contribution in [1.29, 1.82) is 0 Å².